The lowest BCUT2D eigenvalue weighted by Gasteiger charge is -2.31. The molecule has 45 heavy (non-hydrogen) atoms. The summed E-state index contributed by atoms with van der Waals surface area (Å²) in [7, 11) is 1.21. The first-order valence-electron chi connectivity index (χ1n) is 15.5. The fourth-order valence-corrected chi connectivity index (χ4v) is 4.93. The van der Waals surface area contributed by atoms with Gasteiger partial charge in [0.2, 0.25) is 23.5 Å². The molecule has 0 aromatic carbocycles. The third kappa shape index (κ3) is 12.7. The number of ether oxygens (including phenoxy) is 2. The second kappa shape index (κ2) is 20.2. The number of rotatable bonds is 18. The van der Waals surface area contributed by atoms with Gasteiger partial charge in [0.05, 0.1) is 26.3 Å². The zero-order chi connectivity index (χ0) is 34.3. The molecule has 0 radical (unpaired) electrons. The topological polar surface area (TPSA) is 189 Å². The maximum absolute atomic E-state index is 13.5. The minimum Gasteiger partial charge on any atom is -0.467 e. The summed E-state index contributed by atoms with van der Waals surface area (Å²) in [5, 5.41) is 10.0. The summed E-state index contributed by atoms with van der Waals surface area (Å²) in [5.41, 5.74) is 0. The number of alkyl halides is 1. The predicted molar refractivity (Wildman–Crippen MR) is 174 cm³/mol. The largest absolute Gasteiger partial charge is 0.467 e. The Morgan fingerprint density at radius 1 is 0.956 bits per heavy atom. The molecular formula is C30H50IN5O9. The second-order valence-electron chi connectivity index (χ2n) is 11.8. The van der Waals surface area contributed by atoms with E-state index in [0.717, 1.165) is 4.43 Å². The Bertz CT molecular complexity index is 1060. The molecule has 1 fully saturated rings. The minimum absolute atomic E-state index is 0.154. The molecule has 15 heteroatoms. The van der Waals surface area contributed by atoms with Gasteiger partial charge in [0.25, 0.3) is 5.91 Å². The number of nitrogens with one attached hydrogen (secondary N) is 4. The van der Waals surface area contributed by atoms with E-state index in [2.05, 4.69) is 43.9 Å². The van der Waals surface area contributed by atoms with E-state index in [1.54, 1.807) is 27.7 Å². The van der Waals surface area contributed by atoms with E-state index in [4.69, 9.17) is 9.47 Å². The number of esters is 1. The molecule has 1 aliphatic heterocycles. The van der Waals surface area contributed by atoms with Gasteiger partial charge in [-0.15, -0.1) is 0 Å². The van der Waals surface area contributed by atoms with E-state index in [-0.39, 0.29) is 37.3 Å². The lowest BCUT2D eigenvalue weighted by molar-refractivity contribution is -0.146. The molecule has 0 aliphatic carbocycles. The van der Waals surface area contributed by atoms with Crippen LogP contribution < -0.4 is 21.3 Å². The second-order valence-corrected chi connectivity index (χ2v) is 12.6. The molecule has 14 nitrogen and oxygen atoms in total. The molecule has 0 bridgehead atoms. The highest BCUT2D eigenvalue weighted by atomic mass is 127. The lowest BCUT2D eigenvalue weighted by atomic mass is 9.99. The Balaban J connectivity index is 2.88. The first-order valence-corrected chi connectivity index (χ1v) is 17.0. The molecule has 1 rings (SSSR count). The van der Waals surface area contributed by atoms with Crippen molar-refractivity contribution in [1.29, 1.82) is 0 Å². The Hall–Kier alpha value is -2.98. The third-order valence-electron chi connectivity index (χ3n) is 7.64. The molecule has 1 aliphatic rings. The normalized spacial score (nSPS) is 17.7. The maximum atomic E-state index is 13.5. The van der Waals surface area contributed by atoms with Crippen LogP contribution in [0.4, 0.5) is 4.79 Å². The van der Waals surface area contributed by atoms with Gasteiger partial charge in [0.15, 0.2) is 0 Å². The maximum Gasteiger partial charge on any atom is 0.407 e. The van der Waals surface area contributed by atoms with Crippen LogP contribution in [-0.2, 0) is 38.2 Å². The lowest BCUT2D eigenvalue weighted by Crippen LogP contribution is -2.57. The number of hydrogen-bond acceptors (Lipinski definition) is 9. The van der Waals surface area contributed by atoms with Gasteiger partial charge in [0.1, 0.15) is 18.1 Å². The summed E-state index contributed by atoms with van der Waals surface area (Å²) in [5.74, 6) is -4.70. The van der Waals surface area contributed by atoms with Crippen molar-refractivity contribution >= 4 is 64.1 Å². The van der Waals surface area contributed by atoms with Gasteiger partial charge in [-0.2, -0.15) is 0 Å². The summed E-state index contributed by atoms with van der Waals surface area (Å²) in [6, 6.07) is -3.91. The number of hydrogen-bond donors (Lipinski definition) is 4. The molecule has 6 atom stereocenters. The molecule has 1 saturated heterocycles. The van der Waals surface area contributed by atoms with Gasteiger partial charge in [-0.1, -0.05) is 77.0 Å². The fourth-order valence-electron chi connectivity index (χ4n) is 4.68. The number of halogens is 1. The van der Waals surface area contributed by atoms with Crippen LogP contribution in [0.3, 0.4) is 0 Å². The van der Waals surface area contributed by atoms with Crippen molar-refractivity contribution in [1.82, 2.24) is 26.2 Å². The van der Waals surface area contributed by atoms with Gasteiger partial charge in [-0.3, -0.25) is 24.0 Å². The number of carbonyl (C=O) groups excluding carboxylic acids is 7. The van der Waals surface area contributed by atoms with Gasteiger partial charge < -0.3 is 35.6 Å². The van der Waals surface area contributed by atoms with Crippen LogP contribution in [0.25, 0.3) is 0 Å². The zero-order valence-electron chi connectivity index (χ0n) is 27.4. The number of carbonyl (C=O) groups is 7. The van der Waals surface area contributed by atoms with E-state index in [0.29, 0.717) is 25.7 Å². The Morgan fingerprint density at radius 2 is 1.62 bits per heavy atom. The van der Waals surface area contributed by atoms with E-state index in [9.17, 15) is 33.6 Å². The molecule has 256 valence electrons. The van der Waals surface area contributed by atoms with Crippen molar-refractivity contribution < 1.29 is 43.0 Å². The quantitative estimate of drug-likeness (QED) is 0.0696. The number of alkyl carbamates (subject to hydrolysis) is 1. The number of likely N-dealkylation sites (tertiary alicyclic amines) is 1. The van der Waals surface area contributed by atoms with E-state index in [1.165, 1.54) is 12.0 Å². The number of ketones is 1. The smallest absolute Gasteiger partial charge is 0.407 e. The van der Waals surface area contributed by atoms with E-state index < -0.39 is 72.2 Å². The van der Waals surface area contributed by atoms with Crippen molar-refractivity contribution in [2.75, 3.05) is 31.2 Å². The minimum atomic E-state index is -1.18. The molecule has 0 aromatic heterocycles. The van der Waals surface area contributed by atoms with Crippen molar-refractivity contribution in [2.24, 2.45) is 17.8 Å². The highest BCUT2D eigenvalue weighted by molar-refractivity contribution is 14.1. The summed E-state index contributed by atoms with van der Waals surface area (Å²) in [6.45, 7) is 10.8. The third-order valence-corrected chi connectivity index (χ3v) is 9.14. The number of Topliss-reactive ketones (excluding diaryl/α,β-unsaturated/α-hetero) is 1. The molecule has 4 N–H and O–H groups in total. The van der Waals surface area contributed by atoms with Crippen molar-refractivity contribution in [3.8, 4) is 0 Å². The summed E-state index contributed by atoms with van der Waals surface area (Å²) in [4.78, 5) is 90.8. The average molecular weight is 752 g/mol. The molecular weight excluding hydrogens is 701 g/mol. The van der Waals surface area contributed by atoms with E-state index in [1.807, 2.05) is 13.8 Å². The first kappa shape index (κ1) is 40.0. The first-order chi connectivity index (χ1) is 21.2. The molecule has 5 amide bonds. The summed E-state index contributed by atoms with van der Waals surface area (Å²) in [6.07, 6.45) is 1.38. The summed E-state index contributed by atoms with van der Waals surface area (Å²) < 4.78 is 10.8. The van der Waals surface area contributed by atoms with Crippen molar-refractivity contribution in [3.05, 3.63) is 0 Å². The summed E-state index contributed by atoms with van der Waals surface area (Å²) >= 11 is 2.19. The van der Waals surface area contributed by atoms with Crippen LogP contribution in [0.2, 0.25) is 0 Å². The Morgan fingerprint density at radius 3 is 2.18 bits per heavy atom. The average Bonchev–Trinajstić information content (AvgIpc) is 3.52. The number of nitrogens with zero attached hydrogens (tertiary/aromatic N) is 1. The number of methoxy groups -OCH3 is 1. The monoisotopic (exact) mass is 751 g/mol. The molecule has 3 unspecified atom stereocenters. The predicted octanol–water partition coefficient (Wildman–Crippen LogP) is 1.47. The molecule has 0 saturated carbocycles. The zero-order valence-corrected chi connectivity index (χ0v) is 29.6. The molecule has 0 aromatic rings. The van der Waals surface area contributed by atoms with Crippen LogP contribution in [0.15, 0.2) is 0 Å². The van der Waals surface area contributed by atoms with Crippen molar-refractivity contribution in [3.63, 3.8) is 0 Å². The van der Waals surface area contributed by atoms with Crippen molar-refractivity contribution in [2.45, 2.75) is 97.8 Å². The van der Waals surface area contributed by atoms with E-state index >= 15 is 0 Å². The van der Waals surface area contributed by atoms with Crippen LogP contribution in [0.1, 0.15) is 73.6 Å². The van der Waals surface area contributed by atoms with Crippen LogP contribution in [0.5, 0.6) is 0 Å². The van der Waals surface area contributed by atoms with Gasteiger partial charge >= 0.3 is 12.1 Å². The fraction of sp³-hybridized carbons (Fsp3) is 0.767. The molecule has 0 spiro atoms. The highest BCUT2D eigenvalue weighted by Gasteiger charge is 2.40. The van der Waals surface area contributed by atoms with Crippen LogP contribution in [-0.4, -0.2) is 102 Å². The molecule has 1 heterocycles. The van der Waals surface area contributed by atoms with Gasteiger partial charge in [-0.25, -0.2) is 9.59 Å². The highest BCUT2D eigenvalue weighted by Crippen LogP contribution is 2.21. The SMILES string of the molecule is CCCC(NC(=O)[C@@H]1CCCN1C(=O)C(NC(=O)OCC(C)CI)C(C)C)C(=O)C(=O)NCC(=O)N[C@H](C(=O)OC)[C@@H](C)CC. The Labute approximate surface area is 279 Å². The standard InChI is InChI=1S/C30H50IN5O9/c1-8-11-20(25(38)27(40)32-15-22(37)34-24(19(6)9-2)29(42)44-7)33-26(39)21-12-10-13-36(21)28(41)23(17(3)4)35-30(43)45-16-18(5)14-31/h17-21,23-24H,8-16H2,1-7H3,(H,32,40)(H,33,39)(H,34,37)(H,35,43)/t18?,19-,20?,21-,23?,24-/m0/s1. The Kier molecular flexibility index (Phi) is 18.0. The van der Waals surface area contributed by atoms with Gasteiger partial charge in [0, 0.05) is 11.0 Å². The van der Waals surface area contributed by atoms with Crippen LogP contribution >= 0.6 is 22.6 Å². The van der Waals surface area contributed by atoms with Crippen LogP contribution in [0, 0.1) is 17.8 Å². The van der Waals surface area contributed by atoms with Gasteiger partial charge in [-0.05, 0) is 37.0 Å². The number of amides is 5.